The van der Waals surface area contributed by atoms with Gasteiger partial charge in [0.15, 0.2) is 0 Å². The van der Waals surface area contributed by atoms with Crippen LogP contribution in [0.1, 0.15) is 16.8 Å². The molecule has 4 heterocycles. The SMILES string of the molecule is O=c1[nH]c(-c2ccncc2)nc2c1CCN(Cc1c[nH]c3ccc(Cl)cc13)C2. The van der Waals surface area contributed by atoms with Crippen LogP contribution in [0.4, 0.5) is 0 Å². The number of pyridine rings is 1. The molecule has 0 fully saturated rings. The van der Waals surface area contributed by atoms with E-state index in [1.807, 2.05) is 36.5 Å². The summed E-state index contributed by atoms with van der Waals surface area (Å²) in [5.74, 6) is 0.590. The molecule has 0 amide bonds. The van der Waals surface area contributed by atoms with E-state index in [9.17, 15) is 4.79 Å². The van der Waals surface area contributed by atoms with Crippen molar-refractivity contribution in [3.05, 3.63) is 81.1 Å². The average Bonchev–Trinajstić information content (AvgIpc) is 3.10. The minimum absolute atomic E-state index is 0.0460. The first-order chi connectivity index (χ1) is 13.7. The van der Waals surface area contributed by atoms with E-state index >= 15 is 0 Å². The minimum Gasteiger partial charge on any atom is -0.361 e. The van der Waals surface area contributed by atoms with Gasteiger partial charge in [-0.25, -0.2) is 4.98 Å². The van der Waals surface area contributed by atoms with E-state index in [2.05, 4.69) is 19.9 Å². The smallest absolute Gasteiger partial charge is 0.254 e. The first-order valence-electron chi connectivity index (χ1n) is 9.18. The molecule has 5 rings (SSSR count). The minimum atomic E-state index is -0.0460. The number of benzene rings is 1. The summed E-state index contributed by atoms with van der Waals surface area (Å²) in [7, 11) is 0. The van der Waals surface area contributed by atoms with Crippen LogP contribution in [-0.2, 0) is 19.5 Å². The fourth-order valence-electron chi connectivity index (χ4n) is 3.80. The quantitative estimate of drug-likeness (QED) is 0.560. The third kappa shape index (κ3) is 3.10. The average molecular weight is 392 g/mol. The number of fused-ring (bicyclic) bond motifs is 2. The number of nitrogens with one attached hydrogen (secondary N) is 2. The van der Waals surface area contributed by atoms with E-state index in [0.717, 1.165) is 45.8 Å². The molecule has 1 aliphatic heterocycles. The van der Waals surface area contributed by atoms with E-state index in [0.29, 0.717) is 18.8 Å². The van der Waals surface area contributed by atoms with Gasteiger partial charge in [0.2, 0.25) is 0 Å². The lowest BCUT2D eigenvalue weighted by atomic mass is 10.0. The molecule has 1 aromatic carbocycles. The van der Waals surface area contributed by atoms with Crippen LogP contribution in [0, 0.1) is 0 Å². The summed E-state index contributed by atoms with van der Waals surface area (Å²) < 4.78 is 0. The summed E-state index contributed by atoms with van der Waals surface area (Å²) in [4.78, 5) is 29.8. The van der Waals surface area contributed by atoms with Crippen molar-refractivity contribution in [2.24, 2.45) is 0 Å². The Balaban J connectivity index is 1.45. The Hall–Kier alpha value is -2.96. The highest BCUT2D eigenvalue weighted by Crippen LogP contribution is 2.25. The molecule has 0 radical (unpaired) electrons. The van der Waals surface area contributed by atoms with E-state index in [4.69, 9.17) is 16.6 Å². The van der Waals surface area contributed by atoms with Crippen molar-refractivity contribution >= 4 is 22.5 Å². The molecule has 6 nitrogen and oxygen atoms in total. The molecule has 7 heteroatoms. The number of H-pyrrole nitrogens is 2. The molecule has 2 N–H and O–H groups in total. The fraction of sp³-hybridized carbons (Fsp3) is 0.190. The van der Waals surface area contributed by atoms with Crippen molar-refractivity contribution in [2.75, 3.05) is 6.54 Å². The van der Waals surface area contributed by atoms with Gasteiger partial charge < -0.3 is 9.97 Å². The van der Waals surface area contributed by atoms with Crippen LogP contribution in [0.5, 0.6) is 0 Å². The van der Waals surface area contributed by atoms with Crippen LogP contribution in [0.2, 0.25) is 5.02 Å². The number of rotatable bonds is 3. The van der Waals surface area contributed by atoms with Gasteiger partial charge in [-0.3, -0.25) is 14.7 Å². The third-order valence-corrected chi connectivity index (χ3v) is 5.46. The van der Waals surface area contributed by atoms with Gasteiger partial charge in [-0.2, -0.15) is 0 Å². The molecule has 4 aromatic rings. The lowest BCUT2D eigenvalue weighted by Gasteiger charge is -2.27. The maximum atomic E-state index is 12.5. The molecular formula is C21H18ClN5O. The monoisotopic (exact) mass is 391 g/mol. The predicted molar refractivity (Wildman–Crippen MR) is 109 cm³/mol. The van der Waals surface area contributed by atoms with Gasteiger partial charge >= 0.3 is 0 Å². The van der Waals surface area contributed by atoms with Crippen molar-refractivity contribution in [3.63, 3.8) is 0 Å². The zero-order chi connectivity index (χ0) is 19.1. The normalized spacial score (nSPS) is 14.3. The van der Waals surface area contributed by atoms with Crippen LogP contribution in [0.15, 0.2) is 53.7 Å². The summed E-state index contributed by atoms with van der Waals surface area (Å²) in [6.45, 7) is 2.24. The summed E-state index contributed by atoms with van der Waals surface area (Å²) in [5.41, 5.74) is 4.72. The molecule has 3 aromatic heterocycles. The van der Waals surface area contributed by atoms with Crippen molar-refractivity contribution < 1.29 is 0 Å². The molecule has 140 valence electrons. The van der Waals surface area contributed by atoms with Crippen molar-refractivity contribution in [1.82, 2.24) is 24.8 Å². The van der Waals surface area contributed by atoms with Gasteiger partial charge in [0.05, 0.1) is 5.69 Å². The molecule has 0 unspecified atom stereocenters. The highest BCUT2D eigenvalue weighted by atomic mass is 35.5. The van der Waals surface area contributed by atoms with Gasteiger partial charge in [0.1, 0.15) is 5.82 Å². The van der Waals surface area contributed by atoms with Crippen LogP contribution >= 0.6 is 11.6 Å². The Kier molecular flexibility index (Phi) is 4.22. The second-order valence-corrected chi connectivity index (χ2v) is 7.48. The van der Waals surface area contributed by atoms with Crippen LogP contribution < -0.4 is 5.56 Å². The molecule has 0 bridgehead atoms. The van der Waals surface area contributed by atoms with Crippen LogP contribution in [-0.4, -0.2) is 31.4 Å². The molecule has 0 saturated heterocycles. The van der Waals surface area contributed by atoms with Gasteiger partial charge in [0, 0.05) is 65.3 Å². The molecule has 0 atom stereocenters. The van der Waals surface area contributed by atoms with Crippen LogP contribution in [0.25, 0.3) is 22.3 Å². The largest absolute Gasteiger partial charge is 0.361 e. The highest BCUT2D eigenvalue weighted by Gasteiger charge is 2.22. The summed E-state index contributed by atoms with van der Waals surface area (Å²) in [6, 6.07) is 9.57. The van der Waals surface area contributed by atoms with Gasteiger partial charge in [-0.05, 0) is 42.3 Å². The first kappa shape index (κ1) is 17.2. The number of aromatic nitrogens is 4. The zero-order valence-electron chi connectivity index (χ0n) is 15.1. The lowest BCUT2D eigenvalue weighted by Crippen LogP contribution is -2.35. The number of aromatic amines is 2. The number of hydrogen-bond acceptors (Lipinski definition) is 4. The molecule has 1 aliphatic rings. The third-order valence-electron chi connectivity index (χ3n) is 5.23. The van der Waals surface area contributed by atoms with Gasteiger partial charge in [0.25, 0.3) is 5.56 Å². The van der Waals surface area contributed by atoms with Gasteiger partial charge in [-0.1, -0.05) is 11.6 Å². The fourth-order valence-corrected chi connectivity index (χ4v) is 3.97. The van der Waals surface area contributed by atoms with E-state index < -0.39 is 0 Å². The standard InChI is InChI=1S/C21H18ClN5O/c22-15-1-2-18-17(9-15)14(10-24-18)11-27-8-5-16-19(12-27)25-20(26-21(16)28)13-3-6-23-7-4-13/h1-4,6-7,9-10,24H,5,8,11-12H2,(H,25,26,28). The number of halogens is 1. The van der Waals surface area contributed by atoms with Crippen molar-refractivity contribution in [2.45, 2.75) is 19.5 Å². The molecule has 0 spiro atoms. The van der Waals surface area contributed by atoms with E-state index in [1.54, 1.807) is 12.4 Å². The maximum Gasteiger partial charge on any atom is 0.254 e. The zero-order valence-corrected chi connectivity index (χ0v) is 15.8. The summed E-state index contributed by atoms with van der Waals surface area (Å²) in [5, 5.41) is 1.86. The summed E-state index contributed by atoms with van der Waals surface area (Å²) >= 11 is 6.17. The van der Waals surface area contributed by atoms with Crippen molar-refractivity contribution in [1.29, 1.82) is 0 Å². The highest BCUT2D eigenvalue weighted by molar-refractivity contribution is 6.31. The molecular weight excluding hydrogens is 374 g/mol. The summed E-state index contributed by atoms with van der Waals surface area (Å²) in [6.07, 6.45) is 6.12. The Morgan fingerprint density at radius 2 is 2.04 bits per heavy atom. The maximum absolute atomic E-state index is 12.5. The lowest BCUT2D eigenvalue weighted by molar-refractivity contribution is 0.241. The van der Waals surface area contributed by atoms with Crippen molar-refractivity contribution in [3.8, 4) is 11.4 Å². The van der Waals surface area contributed by atoms with E-state index in [1.165, 1.54) is 5.56 Å². The molecule has 0 saturated carbocycles. The second kappa shape index (κ2) is 6.89. The van der Waals surface area contributed by atoms with Crippen LogP contribution in [0.3, 0.4) is 0 Å². The van der Waals surface area contributed by atoms with E-state index in [-0.39, 0.29) is 5.56 Å². The van der Waals surface area contributed by atoms with Gasteiger partial charge in [-0.15, -0.1) is 0 Å². The topological polar surface area (TPSA) is 77.7 Å². The number of nitrogens with zero attached hydrogens (tertiary/aromatic N) is 3. The Bertz CT molecular complexity index is 1210. The molecule has 28 heavy (non-hydrogen) atoms. The Morgan fingerprint density at radius 1 is 1.18 bits per heavy atom. The Labute approximate surface area is 166 Å². The first-order valence-corrected chi connectivity index (χ1v) is 9.55. The predicted octanol–water partition coefficient (Wildman–Crippen LogP) is 3.52. The molecule has 0 aliphatic carbocycles. The second-order valence-electron chi connectivity index (χ2n) is 7.04. The number of hydrogen-bond donors (Lipinski definition) is 2. The Morgan fingerprint density at radius 3 is 2.89 bits per heavy atom.